The molecule has 2 aromatic rings. The number of rotatable bonds is 2. The third kappa shape index (κ3) is 2.13. The zero-order valence-electron chi connectivity index (χ0n) is 8.20. The van der Waals surface area contributed by atoms with Gasteiger partial charge in [0.1, 0.15) is 11.3 Å². The van der Waals surface area contributed by atoms with Crippen LogP contribution in [0.2, 0.25) is 0 Å². The number of anilines is 1. The minimum atomic E-state index is -0.884. The number of halogens is 2. The molecule has 0 saturated carbocycles. The Balaban J connectivity index is 2.31. The summed E-state index contributed by atoms with van der Waals surface area (Å²) in [6.45, 7) is 1.73. The van der Waals surface area contributed by atoms with E-state index in [1.54, 1.807) is 6.92 Å². The lowest BCUT2D eigenvalue weighted by Crippen LogP contribution is -1.98. The molecule has 0 spiro atoms. The van der Waals surface area contributed by atoms with E-state index in [0.717, 1.165) is 11.8 Å². The van der Waals surface area contributed by atoms with Gasteiger partial charge in [-0.15, -0.1) is 0 Å². The number of nitrogens with zero attached hydrogens (tertiary/aromatic N) is 2. The van der Waals surface area contributed by atoms with Crippen molar-refractivity contribution >= 4 is 17.6 Å². The molecule has 7 heteroatoms. The van der Waals surface area contributed by atoms with Crippen LogP contribution in [0.5, 0.6) is 0 Å². The second kappa shape index (κ2) is 4.09. The maximum atomic E-state index is 13.3. The Hall–Kier alpha value is -1.63. The van der Waals surface area contributed by atoms with E-state index in [-0.39, 0.29) is 16.1 Å². The molecule has 0 fully saturated rings. The Kier molecular flexibility index (Phi) is 2.78. The standard InChI is InChI=1S/C9H7F2N3OS/c1-4-3-15-9(13-4)16-8-6(11)2-5(10)7(12)14-8/h2-3H,1H3,(H2,12,14). The summed E-state index contributed by atoms with van der Waals surface area (Å²) in [5, 5.41) is 0.163. The number of nitrogens with two attached hydrogens (primary N) is 1. The van der Waals surface area contributed by atoms with Gasteiger partial charge in [-0.1, -0.05) is 0 Å². The predicted octanol–water partition coefficient (Wildman–Crippen LogP) is 2.39. The molecular formula is C9H7F2N3OS. The fourth-order valence-electron chi connectivity index (χ4n) is 0.997. The average Bonchev–Trinajstić information content (AvgIpc) is 2.60. The SMILES string of the molecule is Cc1coc(Sc2nc(N)c(F)cc2F)n1. The van der Waals surface area contributed by atoms with Crippen molar-refractivity contribution in [2.45, 2.75) is 17.2 Å². The molecule has 0 aliphatic carbocycles. The molecule has 2 aromatic heterocycles. The summed E-state index contributed by atoms with van der Waals surface area (Å²) >= 11 is 0.847. The van der Waals surface area contributed by atoms with Crippen LogP contribution >= 0.6 is 11.8 Å². The van der Waals surface area contributed by atoms with E-state index in [0.29, 0.717) is 11.8 Å². The third-order valence-electron chi connectivity index (χ3n) is 1.71. The molecule has 0 bridgehead atoms. The van der Waals surface area contributed by atoms with E-state index in [4.69, 9.17) is 10.2 Å². The summed E-state index contributed by atoms with van der Waals surface area (Å²) in [6, 6.07) is 0.681. The van der Waals surface area contributed by atoms with E-state index in [1.807, 2.05) is 0 Å². The molecule has 16 heavy (non-hydrogen) atoms. The smallest absolute Gasteiger partial charge is 0.262 e. The largest absolute Gasteiger partial charge is 0.439 e. The zero-order valence-corrected chi connectivity index (χ0v) is 9.02. The summed E-state index contributed by atoms with van der Waals surface area (Å²) in [5.74, 6) is -2.04. The van der Waals surface area contributed by atoms with Crippen LogP contribution in [0.1, 0.15) is 5.69 Å². The monoisotopic (exact) mass is 243 g/mol. The van der Waals surface area contributed by atoms with Gasteiger partial charge in [-0.05, 0) is 18.7 Å². The predicted molar refractivity (Wildman–Crippen MR) is 53.9 cm³/mol. The highest BCUT2D eigenvalue weighted by Crippen LogP contribution is 2.28. The van der Waals surface area contributed by atoms with Crippen molar-refractivity contribution < 1.29 is 13.2 Å². The van der Waals surface area contributed by atoms with Crippen LogP contribution < -0.4 is 5.73 Å². The van der Waals surface area contributed by atoms with Gasteiger partial charge in [0.25, 0.3) is 5.22 Å². The van der Waals surface area contributed by atoms with E-state index >= 15 is 0 Å². The molecule has 4 nitrogen and oxygen atoms in total. The highest BCUT2D eigenvalue weighted by atomic mass is 32.2. The summed E-state index contributed by atoms with van der Waals surface area (Å²) in [6.07, 6.45) is 1.42. The van der Waals surface area contributed by atoms with Gasteiger partial charge in [0.15, 0.2) is 17.5 Å². The minimum absolute atomic E-state index is 0.0687. The lowest BCUT2D eigenvalue weighted by atomic mass is 10.4. The van der Waals surface area contributed by atoms with Gasteiger partial charge >= 0.3 is 0 Å². The van der Waals surface area contributed by atoms with Gasteiger partial charge in [0.2, 0.25) is 0 Å². The first-order valence-corrected chi connectivity index (χ1v) is 5.09. The normalized spacial score (nSPS) is 10.7. The quantitative estimate of drug-likeness (QED) is 0.877. The summed E-state index contributed by atoms with van der Waals surface area (Å²) < 4.78 is 31.1. The molecule has 0 radical (unpaired) electrons. The van der Waals surface area contributed by atoms with Crippen molar-refractivity contribution in [2.75, 3.05) is 5.73 Å². The molecule has 0 aromatic carbocycles. The Morgan fingerprint density at radius 2 is 2.06 bits per heavy atom. The first-order valence-electron chi connectivity index (χ1n) is 4.28. The highest BCUT2D eigenvalue weighted by Gasteiger charge is 2.13. The summed E-state index contributed by atoms with van der Waals surface area (Å²) in [4.78, 5) is 7.52. The summed E-state index contributed by atoms with van der Waals surface area (Å²) in [5.41, 5.74) is 5.90. The van der Waals surface area contributed by atoms with E-state index in [9.17, 15) is 8.78 Å². The van der Waals surface area contributed by atoms with Crippen LogP contribution in [0.25, 0.3) is 0 Å². The van der Waals surface area contributed by atoms with Crippen LogP contribution in [-0.2, 0) is 0 Å². The second-order valence-corrected chi connectivity index (χ2v) is 3.94. The van der Waals surface area contributed by atoms with Crippen molar-refractivity contribution in [3.8, 4) is 0 Å². The van der Waals surface area contributed by atoms with E-state index in [2.05, 4.69) is 9.97 Å². The van der Waals surface area contributed by atoms with E-state index < -0.39 is 11.6 Å². The van der Waals surface area contributed by atoms with Crippen LogP contribution in [0.3, 0.4) is 0 Å². The molecule has 0 amide bonds. The number of aromatic nitrogens is 2. The lowest BCUT2D eigenvalue weighted by Gasteiger charge is -2.01. The fourth-order valence-corrected chi connectivity index (χ4v) is 1.75. The molecule has 2 rings (SSSR count). The Labute approximate surface area is 93.9 Å². The van der Waals surface area contributed by atoms with Crippen LogP contribution in [-0.4, -0.2) is 9.97 Å². The number of hydrogen-bond donors (Lipinski definition) is 1. The Morgan fingerprint density at radius 3 is 2.69 bits per heavy atom. The van der Waals surface area contributed by atoms with Crippen molar-refractivity contribution in [3.63, 3.8) is 0 Å². The molecule has 0 aliphatic heterocycles. The van der Waals surface area contributed by atoms with E-state index in [1.165, 1.54) is 6.26 Å². The lowest BCUT2D eigenvalue weighted by molar-refractivity contribution is 0.452. The molecule has 84 valence electrons. The molecule has 0 atom stereocenters. The maximum absolute atomic E-state index is 13.3. The van der Waals surface area contributed by atoms with Crippen molar-refractivity contribution in [2.24, 2.45) is 0 Å². The van der Waals surface area contributed by atoms with Gasteiger partial charge < -0.3 is 10.2 Å². The first kappa shape index (κ1) is 10.9. The topological polar surface area (TPSA) is 64.9 Å². The number of nitrogen functional groups attached to an aromatic ring is 1. The molecule has 2 N–H and O–H groups in total. The van der Waals surface area contributed by atoms with Crippen LogP contribution in [0.15, 0.2) is 27.0 Å². The number of oxazole rings is 1. The third-order valence-corrected chi connectivity index (χ3v) is 2.55. The minimum Gasteiger partial charge on any atom is -0.439 e. The highest BCUT2D eigenvalue weighted by molar-refractivity contribution is 7.99. The van der Waals surface area contributed by atoms with Crippen molar-refractivity contribution in [1.82, 2.24) is 9.97 Å². The Bertz CT molecular complexity index is 529. The molecule has 0 unspecified atom stereocenters. The fraction of sp³-hybridized carbons (Fsp3) is 0.111. The number of hydrogen-bond acceptors (Lipinski definition) is 5. The van der Waals surface area contributed by atoms with Crippen LogP contribution in [0.4, 0.5) is 14.6 Å². The van der Waals surface area contributed by atoms with Gasteiger partial charge in [-0.3, -0.25) is 0 Å². The number of aryl methyl sites for hydroxylation is 1. The molecular weight excluding hydrogens is 236 g/mol. The average molecular weight is 243 g/mol. The maximum Gasteiger partial charge on any atom is 0.262 e. The molecule has 2 heterocycles. The second-order valence-electron chi connectivity index (χ2n) is 3.00. The summed E-state index contributed by atoms with van der Waals surface area (Å²) in [7, 11) is 0. The van der Waals surface area contributed by atoms with Crippen molar-refractivity contribution in [1.29, 1.82) is 0 Å². The van der Waals surface area contributed by atoms with Gasteiger partial charge in [0.05, 0.1) is 5.69 Å². The number of pyridine rings is 1. The van der Waals surface area contributed by atoms with Crippen molar-refractivity contribution in [3.05, 3.63) is 29.7 Å². The first-order chi connectivity index (χ1) is 7.56. The van der Waals surface area contributed by atoms with Crippen LogP contribution in [0, 0.1) is 18.6 Å². The Morgan fingerprint density at radius 1 is 1.31 bits per heavy atom. The van der Waals surface area contributed by atoms with Gasteiger partial charge in [-0.25, -0.2) is 18.7 Å². The van der Waals surface area contributed by atoms with Gasteiger partial charge in [-0.2, -0.15) is 0 Å². The molecule has 0 aliphatic rings. The molecule has 0 saturated heterocycles. The zero-order chi connectivity index (χ0) is 11.7. The van der Waals surface area contributed by atoms with Gasteiger partial charge in [0, 0.05) is 6.07 Å².